The minimum absolute atomic E-state index is 0.0180. The van der Waals surface area contributed by atoms with Gasteiger partial charge in [-0.3, -0.25) is 9.79 Å². The maximum atomic E-state index is 12.7. The number of thioether (sulfide) groups is 1. The second-order valence-corrected chi connectivity index (χ2v) is 8.72. The molecule has 1 fully saturated rings. The highest BCUT2D eigenvalue weighted by atomic mass is 32.2. The number of carbonyl (C=O) groups is 1. The lowest BCUT2D eigenvalue weighted by Crippen LogP contribution is -2.33. The molecule has 0 unspecified atom stereocenters. The van der Waals surface area contributed by atoms with Crippen molar-refractivity contribution in [1.29, 1.82) is 0 Å². The van der Waals surface area contributed by atoms with Crippen LogP contribution in [0.15, 0.2) is 28.1 Å². The summed E-state index contributed by atoms with van der Waals surface area (Å²) in [5.74, 6) is 0.672. The second kappa shape index (κ2) is 7.76. The van der Waals surface area contributed by atoms with E-state index in [-0.39, 0.29) is 28.2 Å². The van der Waals surface area contributed by atoms with Crippen molar-refractivity contribution in [3.8, 4) is 5.75 Å². The third-order valence-electron chi connectivity index (χ3n) is 4.20. The van der Waals surface area contributed by atoms with Gasteiger partial charge in [-0.05, 0) is 31.0 Å². The molecule has 0 aromatic heterocycles. The van der Waals surface area contributed by atoms with Crippen molar-refractivity contribution in [3.63, 3.8) is 0 Å². The number of hydrogen-bond acceptors (Lipinski definition) is 6. The van der Waals surface area contributed by atoms with E-state index >= 15 is 0 Å². The molecule has 1 aliphatic carbocycles. The smallest absolute Gasteiger partial charge is 0.257 e. The first kappa shape index (κ1) is 18.2. The first-order valence-corrected chi connectivity index (χ1v) is 10.7. The highest BCUT2D eigenvalue weighted by Crippen LogP contribution is 2.27. The van der Waals surface area contributed by atoms with Gasteiger partial charge in [-0.25, -0.2) is 13.1 Å². The van der Waals surface area contributed by atoms with Crippen LogP contribution in [0.5, 0.6) is 5.75 Å². The fourth-order valence-corrected chi connectivity index (χ4v) is 5.16. The van der Waals surface area contributed by atoms with E-state index < -0.39 is 10.0 Å². The summed E-state index contributed by atoms with van der Waals surface area (Å²) >= 11 is 1.47. The zero-order valence-corrected chi connectivity index (χ0v) is 15.6. The lowest BCUT2D eigenvalue weighted by Gasteiger charge is -2.15. The predicted molar refractivity (Wildman–Crippen MR) is 97.8 cm³/mol. The molecule has 0 spiro atoms. The molecule has 1 amide bonds. The number of amides is 1. The minimum atomic E-state index is -3.76. The van der Waals surface area contributed by atoms with Crippen LogP contribution in [0, 0.1) is 0 Å². The van der Waals surface area contributed by atoms with Crippen LogP contribution in [0.4, 0.5) is 0 Å². The number of carbonyl (C=O) groups excluding carboxylic acids is 1. The van der Waals surface area contributed by atoms with E-state index in [1.807, 2.05) is 0 Å². The van der Waals surface area contributed by atoms with Crippen LogP contribution < -0.4 is 14.8 Å². The molecule has 1 heterocycles. The second-order valence-electron chi connectivity index (χ2n) is 5.96. The highest BCUT2D eigenvalue weighted by Gasteiger charge is 2.27. The number of ether oxygens (including phenoxy) is 1. The Labute approximate surface area is 151 Å². The quantitative estimate of drug-likeness (QED) is 0.807. The number of benzene rings is 1. The zero-order chi connectivity index (χ0) is 17.9. The molecule has 0 bridgehead atoms. The normalized spacial score (nSPS) is 18.2. The summed E-state index contributed by atoms with van der Waals surface area (Å²) in [4.78, 5) is 16.5. The van der Waals surface area contributed by atoms with Crippen molar-refractivity contribution in [1.82, 2.24) is 10.0 Å². The molecular formula is C16H21N3O4S2. The van der Waals surface area contributed by atoms with Gasteiger partial charge in [0.05, 0.1) is 13.7 Å². The molecule has 0 radical (unpaired) electrons. The van der Waals surface area contributed by atoms with Gasteiger partial charge in [0, 0.05) is 17.4 Å². The number of methoxy groups -OCH3 is 1. The summed E-state index contributed by atoms with van der Waals surface area (Å²) in [6.07, 6.45) is 3.70. The van der Waals surface area contributed by atoms with Crippen LogP contribution in [-0.2, 0) is 10.0 Å². The molecule has 0 saturated heterocycles. The summed E-state index contributed by atoms with van der Waals surface area (Å²) in [5.41, 5.74) is 0.253. The number of sulfonamides is 1. The molecule has 136 valence electrons. The Balaban J connectivity index is 1.85. The first-order valence-electron chi connectivity index (χ1n) is 8.18. The summed E-state index contributed by atoms with van der Waals surface area (Å²) in [6.45, 7) is 0.674. The largest absolute Gasteiger partial charge is 0.495 e. The van der Waals surface area contributed by atoms with Crippen molar-refractivity contribution in [3.05, 3.63) is 23.8 Å². The molecular weight excluding hydrogens is 362 g/mol. The van der Waals surface area contributed by atoms with Crippen LogP contribution >= 0.6 is 11.8 Å². The molecule has 3 rings (SSSR count). The van der Waals surface area contributed by atoms with Gasteiger partial charge in [0.1, 0.15) is 10.6 Å². The maximum absolute atomic E-state index is 12.7. The Morgan fingerprint density at radius 1 is 1.32 bits per heavy atom. The van der Waals surface area contributed by atoms with E-state index in [4.69, 9.17) is 4.74 Å². The SMILES string of the molecule is COc1ccc(C(=O)NC2=NCCS2)cc1S(=O)(=O)NC1CCCC1. The minimum Gasteiger partial charge on any atom is -0.495 e. The number of rotatable bonds is 5. The van der Waals surface area contributed by atoms with E-state index in [2.05, 4.69) is 15.0 Å². The third kappa shape index (κ3) is 4.34. The van der Waals surface area contributed by atoms with Gasteiger partial charge in [0.2, 0.25) is 10.0 Å². The van der Waals surface area contributed by atoms with E-state index in [1.54, 1.807) is 6.07 Å². The lowest BCUT2D eigenvalue weighted by atomic mass is 10.2. The number of aliphatic imine (C=N–C) groups is 1. The number of amidine groups is 1. The van der Waals surface area contributed by atoms with Crippen molar-refractivity contribution < 1.29 is 17.9 Å². The summed E-state index contributed by atoms with van der Waals surface area (Å²) in [7, 11) is -2.35. The van der Waals surface area contributed by atoms with Crippen LogP contribution in [0.1, 0.15) is 36.0 Å². The van der Waals surface area contributed by atoms with Gasteiger partial charge in [0.15, 0.2) is 5.17 Å². The van der Waals surface area contributed by atoms with Gasteiger partial charge in [0.25, 0.3) is 5.91 Å². The molecule has 9 heteroatoms. The fraction of sp³-hybridized carbons (Fsp3) is 0.500. The predicted octanol–water partition coefficient (Wildman–Crippen LogP) is 1.75. The standard InChI is InChI=1S/C16H21N3O4S2/c1-23-13-7-6-11(15(20)18-16-17-8-9-24-16)10-14(13)25(21,22)19-12-4-2-3-5-12/h6-7,10,12,19H,2-5,8-9H2,1H3,(H,17,18,20). The Kier molecular flexibility index (Phi) is 5.65. The summed E-state index contributed by atoms with van der Waals surface area (Å²) in [6, 6.07) is 4.34. The first-order chi connectivity index (χ1) is 12.0. The number of nitrogens with zero attached hydrogens (tertiary/aromatic N) is 1. The van der Waals surface area contributed by atoms with Crippen LogP contribution in [0.2, 0.25) is 0 Å². The molecule has 0 atom stereocenters. The topological polar surface area (TPSA) is 96.9 Å². The molecule has 1 aromatic rings. The summed E-state index contributed by atoms with van der Waals surface area (Å²) in [5, 5.41) is 3.27. The molecule has 7 nitrogen and oxygen atoms in total. The average Bonchev–Trinajstić information content (AvgIpc) is 3.28. The molecule has 1 saturated carbocycles. The van der Waals surface area contributed by atoms with Crippen molar-refractivity contribution >= 4 is 32.9 Å². The van der Waals surface area contributed by atoms with Crippen LogP contribution in [0.25, 0.3) is 0 Å². The van der Waals surface area contributed by atoms with Gasteiger partial charge in [-0.15, -0.1) is 0 Å². The molecule has 25 heavy (non-hydrogen) atoms. The number of hydrogen-bond donors (Lipinski definition) is 2. The van der Waals surface area contributed by atoms with E-state index in [0.29, 0.717) is 11.7 Å². The lowest BCUT2D eigenvalue weighted by molar-refractivity contribution is 0.0977. The molecule has 2 aliphatic rings. The maximum Gasteiger partial charge on any atom is 0.257 e. The van der Waals surface area contributed by atoms with Gasteiger partial charge in [-0.2, -0.15) is 0 Å². The van der Waals surface area contributed by atoms with Gasteiger partial charge < -0.3 is 10.1 Å². The van der Waals surface area contributed by atoms with Gasteiger partial charge >= 0.3 is 0 Å². The van der Waals surface area contributed by atoms with Crippen LogP contribution in [0.3, 0.4) is 0 Å². The zero-order valence-electron chi connectivity index (χ0n) is 13.9. The average molecular weight is 383 g/mol. The number of nitrogens with one attached hydrogen (secondary N) is 2. The van der Waals surface area contributed by atoms with Gasteiger partial charge in [-0.1, -0.05) is 24.6 Å². The Morgan fingerprint density at radius 2 is 2.08 bits per heavy atom. The highest BCUT2D eigenvalue weighted by molar-refractivity contribution is 8.14. The Bertz CT molecular complexity index is 787. The fourth-order valence-electron chi connectivity index (χ4n) is 2.93. The third-order valence-corrected chi connectivity index (χ3v) is 6.63. The van der Waals surface area contributed by atoms with E-state index in [9.17, 15) is 13.2 Å². The molecule has 1 aromatic carbocycles. The van der Waals surface area contributed by atoms with Crippen molar-refractivity contribution in [2.75, 3.05) is 19.4 Å². The Hall–Kier alpha value is -1.58. The molecule has 1 aliphatic heterocycles. The van der Waals surface area contributed by atoms with Crippen molar-refractivity contribution in [2.24, 2.45) is 4.99 Å². The van der Waals surface area contributed by atoms with E-state index in [1.165, 1.54) is 31.0 Å². The van der Waals surface area contributed by atoms with Crippen LogP contribution in [-0.4, -0.2) is 44.9 Å². The Morgan fingerprint density at radius 3 is 2.72 bits per heavy atom. The van der Waals surface area contributed by atoms with Crippen molar-refractivity contribution in [2.45, 2.75) is 36.6 Å². The van der Waals surface area contributed by atoms with E-state index in [0.717, 1.165) is 31.4 Å². The molecule has 2 N–H and O–H groups in total. The monoisotopic (exact) mass is 383 g/mol. The summed E-state index contributed by atoms with van der Waals surface area (Å²) < 4.78 is 33.4.